The maximum absolute atomic E-state index is 11.1. The first-order valence-corrected chi connectivity index (χ1v) is 5.15. The first-order valence-electron chi connectivity index (χ1n) is 5.15. The van der Waals surface area contributed by atoms with E-state index in [0.717, 1.165) is 11.3 Å². The molecule has 0 amide bonds. The average Bonchev–Trinajstić information content (AvgIpc) is 2.06. The van der Waals surface area contributed by atoms with Crippen molar-refractivity contribution in [1.29, 1.82) is 0 Å². The van der Waals surface area contributed by atoms with Gasteiger partial charge in [0, 0.05) is 6.42 Å². The molecule has 0 spiro atoms. The van der Waals surface area contributed by atoms with E-state index >= 15 is 0 Å². The summed E-state index contributed by atoms with van der Waals surface area (Å²) < 4.78 is 5.82. The number of benzene rings is 1. The number of hydrogen-bond acceptors (Lipinski definition) is 2. The Kier molecular flexibility index (Phi) is 3.51. The van der Waals surface area contributed by atoms with Crippen LogP contribution in [0, 0.1) is 6.92 Å². The number of Topliss-reactive ketones (excluding diaryl/α,β-unsaturated/α-hetero) is 1. The molecule has 1 rings (SSSR count). The molecule has 0 aliphatic heterocycles. The normalized spacial score (nSPS) is 11.2. The van der Waals surface area contributed by atoms with Gasteiger partial charge in [0.2, 0.25) is 0 Å². The van der Waals surface area contributed by atoms with Gasteiger partial charge in [0.05, 0.1) is 0 Å². The Bertz CT molecular complexity index is 353. The van der Waals surface area contributed by atoms with E-state index in [4.69, 9.17) is 4.74 Å². The summed E-state index contributed by atoms with van der Waals surface area (Å²) in [5.74, 6) is 0.998. The minimum Gasteiger partial charge on any atom is -0.487 e. The predicted molar refractivity (Wildman–Crippen MR) is 61.2 cm³/mol. The van der Waals surface area contributed by atoms with Crippen molar-refractivity contribution in [2.45, 2.75) is 39.7 Å². The van der Waals surface area contributed by atoms with E-state index < -0.39 is 5.60 Å². The third kappa shape index (κ3) is 3.74. The van der Waals surface area contributed by atoms with Crippen molar-refractivity contribution in [3.63, 3.8) is 0 Å². The van der Waals surface area contributed by atoms with Crippen LogP contribution in [0.1, 0.15) is 32.8 Å². The van der Waals surface area contributed by atoms with E-state index in [-0.39, 0.29) is 5.78 Å². The predicted octanol–water partition coefficient (Wildman–Crippen LogP) is 3.13. The molecule has 0 heterocycles. The van der Waals surface area contributed by atoms with Crippen LogP contribution in [-0.4, -0.2) is 11.4 Å². The van der Waals surface area contributed by atoms with Crippen LogP contribution in [-0.2, 0) is 4.79 Å². The van der Waals surface area contributed by atoms with Crippen LogP contribution in [0.5, 0.6) is 5.75 Å². The molecule has 2 nitrogen and oxygen atoms in total. The molecule has 0 aliphatic rings. The first kappa shape index (κ1) is 11.8. The van der Waals surface area contributed by atoms with Gasteiger partial charge in [-0.15, -0.1) is 0 Å². The molecule has 0 N–H and O–H groups in total. The molecule has 0 saturated carbocycles. The van der Waals surface area contributed by atoms with E-state index in [1.165, 1.54) is 0 Å². The van der Waals surface area contributed by atoms with Gasteiger partial charge >= 0.3 is 0 Å². The summed E-state index contributed by atoms with van der Waals surface area (Å²) in [5, 5.41) is 0. The molecule has 0 atom stereocenters. The molecule has 1 aromatic carbocycles. The molecule has 0 fully saturated rings. The van der Waals surface area contributed by atoms with Gasteiger partial charge in [-0.1, -0.05) is 18.2 Å². The Balaban J connectivity index is 2.77. The van der Waals surface area contributed by atoms with Crippen LogP contribution in [0.4, 0.5) is 0 Å². The zero-order valence-electron chi connectivity index (χ0n) is 9.83. The van der Waals surface area contributed by atoms with Crippen molar-refractivity contribution in [2.24, 2.45) is 0 Å². The molecule has 0 saturated heterocycles. The van der Waals surface area contributed by atoms with Crippen molar-refractivity contribution in [3.05, 3.63) is 29.8 Å². The molecular formula is C13H18O2. The summed E-state index contributed by atoms with van der Waals surface area (Å²) in [7, 11) is 0. The second-order valence-corrected chi connectivity index (χ2v) is 4.51. The molecule has 15 heavy (non-hydrogen) atoms. The van der Waals surface area contributed by atoms with Gasteiger partial charge in [-0.3, -0.25) is 4.79 Å². The summed E-state index contributed by atoms with van der Waals surface area (Å²) >= 11 is 0. The fraction of sp³-hybridized carbons (Fsp3) is 0.462. The lowest BCUT2D eigenvalue weighted by atomic mass is 10.0. The highest BCUT2D eigenvalue weighted by atomic mass is 16.5. The second kappa shape index (κ2) is 4.47. The first-order chi connectivity index (χ1) is 6.91. The highest BCUT2D eigenvalue weighted by Gasteiger charge is 2.22. The zero-order valence-corrected chi connectivity index (χ0v) is 9.83. The van der Waals surface area contributed by atoms with Gasteiger partial charge in [0.25, 0.3) is 0 Å². The number of ketones is 1. The van der Waals surface area contributed by atoms with Crippen molar-refractivity contribution >= 4 is 5.78 Å². The van der Waals surface area contributed by atoms with Gasteiger partial charge in [-0.2, -0.15) is 0 Å². The fourth-order valence-electron chi connectivity index (χ4n) is 1.60. The lowest BCUT2D eigenvalue weighted by Gasteiger charge is -2.26. The van der Waals surface area contributed by atoms with E-state index in [0.29, 0.717) is 6.42 Å². The summed E-state index contributed by atoms with van der Waals surface area (Å²) in [4.78, 5) is 11.1. The zero-order chi connectivity index (χ0) is 11.5. The number of carbonyl (C=O) groups excluding carboxylic acids is 1. The number of hydrogen-bond donors (Lipinski definition) is 0. The minimum atomic E-state index is -0.433. The second-order valence-electron chi connectivity index (χ2n) is 4.51. The molecule has 2 heteroatoms. The van der Waals surface area contributed by atoms with Crippen molar-refractivity contribution in [1.82, 2.24) is 0 Å². The average molecular weight is 206 g/mol. The monoisotopic (exact) mass is 206 g/mol. The smallest absolute Gasteiger partial charge is 0.133 e. The number of ether oxygens (including phenoxy) is 1. The fourth-order valence-corrected chi connectivity index (χ4v) is 1.60. The lowest BCUT2D eigenvalue weighted by Crippen LogP contribution is -2.30. The standard InChI is InChI=1S/C13H18O2/c1-10-7-5-6-8-12(10)15-13(3,4)9-11(2)14/h5-8H,9H2,1-4H3. The van der Waals surface area contributed by atoms with Crippen LogP contribution in [0.15, 0.2) is 24.3 Å². The Hall–Kier alpha value is -1.31. The van der Waals surface area contributed by atoms with Crippen LogP contribution in [0.25, 0.3) is 0 Å². The lowest BCUT2D eigenvalue weighted by molar-refractivity contribution is -0.120. The molecule has 0 aromatic heterocycles. The van der Waals surface area contributed by atoms with Crippen LogP contribution >= 0.6 is 0 Å². The van der Waals surface area contributed by atoms with Gasteiger partial charge in [-0.05, 0) is 39.3 Å². The summed E-state index contributed by atoms with van der Waals surface area (Å²) in [6.07, 6.45) is 0.432. The van der Waals surface area contributed by atoms with E-state index in [2.05, 4.69) is 0 Å². The third-order valence-corrected chi connectivity index (χ3v) is 2.15. The van der Waals surface area contributed by atoms with Crippen molar-refractivity contribution < 1.29 is 9.53 Å². The summed E-state index contributed by atoms with van der Waals surface area (Å²) in [6.45, 7) is 7.45. The highest BCUT2D eigenvalue weighted by molar-refractivity contribution is 5.76. The van der Waals surface area contributed by atoms with E-state index in [1.807, 2.05) is 45.0 Å². The number of aryl methyl sites for hydroxylation is 1. The Labute approximate surface area is 91.3 Å². The minimum absolute atomic E-state index is 0.147. The molecule has 1 aromatic rings. The number of carbonyl (C=O) groups is 1. The third-order valence-electron chi connectivity index (χ3n) is 2.15. The van der Waals surface area contributed by atoms with Crippen molar-refractivity contribution in [2.75, 3.05) is 0 Å². The van der Waals surface area contributed by atoms with Crippen molar-refractivity contribution in [3.8, 4) is 5.75 Å². The van der Waals surface area contributed by atoms with Crippen LogP contribution in [0.3, 0.4) is 0 Å². The molecular weight excluding hydrogens is 188 g/mol. The van der Waals surface area contributed by atoms with E-state index in [1.54, 1.807) is 6.92 Å². The van der Waals surface area contributed by atoms with Crippen LogP contribution < -0.4 is 4.74 Å². The maximum Gasteiger partial charge on any atom is 0.133 e. The Morgan fingerprint density at radius 3 is 2.47 bits per heavy atom. The topological polar surface area (TPSA) is 26.3 Å². The molecule has 82 valence electrons. The highest BCUT2D eigenvalue weighted by Crippen LogP contribution is 2.24. The van der Waals surface area contributed by atoms with E-state index in [9.17, 15) is 4.79 Å². The van der Waals surface area contributed by atoms with Gasteiger partial charge < -0.3 is 4.74 Å². The maximum atomic E-state index is 11.1. The van der Waals surface area contributed by atoms with Crippen LogP contribution in [0.2, 0.25) is 0 Å². The molecule has 0 aliphatic carbocycles. The molecule has 0 unspecified atom stereocenters. The Morgan fingerprint density at radius 2 is 1.93 bits per heavy atom. The van der Waals surface area contributed by atoms with Gasteiger partial charge in [0.1, 0.15) is 17.1 Å². The summed E-state index contributed by atoms with van der Waals surface area (Å²) in [6, 6.07) is 7.84. The summed E-state index contributed by atoms with van der Waals surface area (Å²) in [5.41, 5.74) is 0.659. The van der Waals surface area contributed by atoms with Gasteiger partial charge in [0.15, 0.2) is 0 Å². The number of rotatable bonds is 4. The largest absolute Gasteiger partial charge is 0.487 e. The SMILES string of the molecule is CC(=O)CC(C)(C)Oc1ccccc1C. The number of para-hydroxylation sites is 1. The Morgan fingerprint density at radius 1 is 1.33 bits per heavy atom. The molecule has 0 bridgehead atoms. The molecule has 0 radical (unpaired) electrons. The quantitative estimate of drug-likeness (QED) is 0.756. The van der Waals surface area contributed by atoms with Gasteiger partial charge in [-0.25, -0.2) is 0 Å².